The van der Waals surface area contributed by atoms with Gasteiger partial charge in [0.05, 0.1) is 12.1 Å². The van der Waals surface area contributed by atoms with Crippen LogP contribution < -0.4 is 0 Å². The number of benzene rings is 1. The summed E-state index contributed by atoms with van der Waals surface area (Å²) in [7, 11) is 0. The molecule has 0 radical (unpaired) electrons. The van der Waals surface area contributed by atoms with Crippen molar-refractivity contribution in [2.75, 3.05) is 0 Å². The van der Waals surface area contributed by atoms with Crippen molar-refractivity contribution in [3.8, 4) is 6.07 Å². The fourth-order valence-electron chi connectivity index (χ4n) is 2.99. The summed E-state index contributed by atoms with van der Waals surface area (Å²) in [4.78, 5) is 14.0. The lowest BCUT2D eigenvalue weighted by atomic mass is 10.0. The molecule has 1 aromatic rings. The highest BCUT2D eigenvalue weighted by Gasteiger charge is 2.40. The van der Waals surface area contributed by atoms with E-state index in [2.05, 4.69) is 6.07 Å². The molecule has 20 heavy (non-hydrogen) atoms. The second kappa shape index (κ2) is 5.38. The van der Waals surface area contributed by atoms with Crippen LogP contribution >= 0.6 is 0 Å². The number of amides is 1. The maximum absolute atomic E-state index is 12.2. The van der Waals surface area contributed by atoms with Crippen molar-refractivity contribution in [3.63, 3.8) is 0 Å². The molecule has 2 heterocycles. The summed E-state index contributed by atoms with van der Waals surface area (Å²) in [5.41, 5.74) is 1.78. The molecule has 2 aliphatic heterocycles. The molecule has 2 unspecified atom stereocenters. The maximum atomic E-state index is 12.2. The van der Waals surface area contributed by atoms with Gasteiger partial charge in [0.15, 0.2) is 0 Å². The number of nitrogens with zero attached hydrogens (tertiary/aromatic N) is 2. The van der Waals surface area contributed by atoms with Crippen LogP contribution in [-0.4, -0.2) is 23.1 Å². The molecule has 1 saturated heterocycles. The number of carbonyl (C=O) groups excluding carboxylic acids is 1. The van der Waals surface area contributed by atoms with E-state index < -0.39 is 0 Å². The lowest BCUT2D eigenvalue weighted by molar-refractivity contribution is 0.0820. The van der Waals surface area contributed by atoms with E-state index in [0.29, 0.717) is 13.0 Å². The van der Waals surface area contributed by atoms with Gasteiger partial charge in [-0.2, -0.15) is 5.26 Å². The molecule has 0 aromatic heterocycles. The van der Waals surface area contributed by atoms with Crippen LogP contribution in [0.4, 0.5) is 4.79 Å². The predicted molar refractivity (Wildman–Crippen MR) is 73.6 cm³/mol. The van der Waals surface area contributed by atoms with Crippen LogP contribution in [0.15, 0.2) is 42.0 Å². The average molecular weight is 268 g/mol. The van der Waals surface area contributed by atoms with E-state index in [1.165, 1.54) is 0 Å². The highest BCUT2D eigenvalue weighted by Crippen LogP contribution is 2.35. The van der Waals surface area contributed by atoms with Gasteiger partial charge in [0, 0.05) is 18.0 Å². The second-order valence-corrected chi connectivity index (χ2v) is 5.25. The summed E-state index contributed by atoms with van der Waals surface area (Å²) in [6.45, 7) is 0.296. The van der Waals surface area contributed by atoms with Crippen molar-refractivity contribution < 1.29 is 9.53 Å². The van der Waals surface area contributed by atoms with Crippen LogP contribution in [0.1, 0.15) is 24.8 Å². The molecule has 2 atom stereocenters. The number of fused-ring (bicyclic) bond motifs is 2. The van der Waals surface area contributed by atoms with Gasteiger partial charge in [0.1, 0.15) is 6.61 Å². The Morgan fingerprint density at radius 3 is 2.85 bits per heavy atom. The van der Waals surface area contributed by atoms with E-state index in [4.69, 9.17) is 10.00 Å². The highest BCUT2D eigenvalue weighted by atomic mass is 16.6. The zero-order valence-corrected chi connectivity index (χ0v) is 11.2. The Kier molecular flexibility index (Phi) is 3.42. The normalized spacial score (nSPS) is 23.9. The Hall–Kier alpha value is -2.28. The van der Waals surface area contributed by atoms with Gasteiger partial charge in [-0.25, -0.2) is 4.79 Å². The zero-order valence-electron chi connectivity index (χ0n) is 11.2. The van der Waals surface area contributed by atoms with E-state index in [9.17, 15) is 4.79 Å². The average Bonchev–Trinajstić information content (AvgIpc) is 2.76. The van der Waals surface area contributed by atoms with E-state index in [0.717, 1.165) is 24.0 Å². The van der Waals surface area contributed by atoms with Crippen molar-refractivity contribution in [3.05, 3.63) is 47.5 Å². The summed E-state index contributed by atoms with van der Waals surface area (Å²) in [6.07, 6.45) is 4.18. The largest absolute Gasteiger partial charge is 0.445 e. The Balaban J connectivity index is 1.64. The molecule has 2 aliphatic rings. The number of hydrogen-bond acceptors (Lipinski definition) is 3. The SMILES string of the molecule is N#CC1=CC2CCC(C1)N2C(=O)OCc1ccccc1. The predicted octanol–water partition coefficient (Wildman–Crippen LogP) is 3.01. The third kappa shape index (κ3) is 2.39. The van der Waals surface area contributed by atoms with E-state index in [1.807, 2.05) is 36.4 Å². The first kappa shape index (κ1) is 12.7. The molecule has 0 N–H and O–H groups in total. The number of nitriles is 1. The van der Waals surface area contributed by atoms with Crippen LogP contribution in [0.25, 0.3) is 0 Å². The van der Waals surface area contributed by atoms with Gasteiger partial charge in [-0.05, 0) is 24.5 Å². The first-order valence-electron chi connectivity index (χ1n) is 6.88. The Bertz CT molecular complexity index is 574. The fourth-order valence-corrected chi connectivity index (χ4v) is 2.99. The molecule has 0 spiro atoms. The van der Waals surface area contributed by atoms with Crippen LogP contribution in [0, 0.1) is 11.3 Å². The molecule has 4 heteroatoms. The van der Waals surface area contributed by atoms with Crippen LogP contribution in [0.3, 0.4) is 0 Å². The van der Waals surface area contributed by atoms with Crippen molar-refractivity contribution >= 4 is 6.09 Å². The Morgan fingerprint density at radius 2 is 2.15 bits per heavy atom. The lowest BCUT2D eigenvalue weighted by Crippen LogP contribution is -2.43. The first-order valence-corrected chi connectivity index (χ1v) is 6.88. The van der Waals surface area contributed by atoms with Crippen molar-refractivity contribution in [2.24, 2.45) is 0 Å². The molecule has 1 fully saturated rings. The van der Waals surface area contributed by atoms with E-state index in [-0.39, 0.29) is 18.2 Å². The molecular weight excluding hydrogens is 252 g/mol. The fraction of sp³-hybridized carbons (Fsp3) is 0.375. The molecule has 1 amide bonds. The second-order valence-electron chi connectivity index (χ2n) is 5.25. The van der Waals surface area contributed by atoms with Gasteiger partial charge in [0.2, 0.25) is 0 Å². The van der Waals surface area contributed by atoms with Gasteiger partial charge >= 0.3 is 6.09 Å². The molecule has 0 aliphatic carbocycles. The van der Waals surface area contributed by atoms with Crippen LogP contribution in [0.5, 0.6) is 0 Å². The number of hydrogen-bond donors (Lipinski definition) is 0. The smallest absolute Gasteiger partial charge is 0.410 e. The van der Waals surface area contributed by atoms with E-state index in [1.54, 1.807) is 4.90 Å². The van der Waals surface area contributed by atoms with Gasteiger partial charge in [0.25, 0.3) is 0 Å². The molecule has 0 saturated carbocycles. The van der Waals surface area contributed by atoms with Crippen molar-refractivity contribution in [2.45, 2.75) is 38.0 Å². The molecule has 2 bridgehead atoms. The van der Waals surface area contributed by atoms with Gasteiger partial charge < -0.3 is 4.74 Å². The molecule has 3 rings (SSSR count). The standard InChI is InChI=1S/C16H16N2O2/c17-10-13-8-14-6-7-15(9-13)18(14)16(19)20-11-12-4-2-1-3-5-12/h1-5,8,14-15H,6-7,9,11H2. The van der Waals surface area contributed by atoms with Crippen LogP contribution in [0.2, 0.25) is 0 Å². The summed E-state index contributed by atoms with van der Waals surface area (Å²) in [5, 5.41) is 8.98. The first-order chi connectivity index (χ1) is 9.78. The van der Waals surface area contributed by atoms with Gasteiger partial charge in [-0.1, -0.05) is 30.3 Å². The van der Waals surface area contributed by atoms with Gasteiger partial charge in [-0.15, -0.1) is 0 Å². The minimum atomic E-state index is -0.269. The quantitative estimate of drug-likeness (QED) is 0.828. The lowest BCUT2D eigenvalue weighted by Gasteiger charge is -2.31. The number of carbonyl (C=O) groups is 1. The minimum Gasteiger partial charge on any atom is -0.445 e. The van der Waals surface area contributed by atoms with E-state index >= 15 is 0 Å². The summed E-state index contributed by atoms with van der Waals surface area (Å²) in [6, 6.07) is 12.0. The third-order valence-corrected chi connectivity index (χ3v) is 3.96. The summed E-state index contributed by atoms with van der Waals surface area (Å²) in [5.74, 6) is 0. The molecule has 102 valence electrons. The minimum absolute atomic E-state index is 0.0340. The monoisotopic (exact) mass is 268 g/mol. The molecular formula is C16H16N2O2. The number of rotatable bonds is 2. The Labute approximate surface area is 118 Å². The van der Waals surface area contributed by atoms with Crippen LogP contribution in [-0.2, 0) is 11.3 Å². The zero-order chi connectivity index (χ0) is 13.9. The maximum Gasteiger partial charge on any atom is 0.410 e. The topological polar surface area (TPSA) is 53.3 Å². The highest BCUT2D eigenvalue weighted by molar-refractivity contribution is 5.70. The van der Waals surface area contributed by atoms with Crippen molar-refractivity contribution in [1.29, 1.82) is 5.26 Å². The molecule has 4 nitrogen and oxygen atoms in total. The summed E-state index contributed by atoms with van der Waals surface area (Å²) < 4.78 is 5.39. The number of ether oxygens (including phenoxy) is 1. The Morgan fingerprint density at radius 1 is 1.35 bits per heavy atom. The summed E-state index contributed by atoms with van der Waals surface area (Å²) >= 11 is 0. The molecule has 1 aromatic carbocycles. The van der Waals surface area contributed by atoms with Gasteiger partial charge in [-0.3, -0.25) is 4.90 Å². The van der Waals surface area contributed by atoms with Crippen molar-refractivity contribution in [1.82, 2.24) is 4.90 Å². The third-order valence-electron chi connectivity index (χ3n) is 3.96.